The van der Waals surface area contributed by atoms with Crippen LogP contribution in [0.2, 0.25) is 0 Å². The van der Waals surface area contributed by atoms with E-state index < -0.39 is 0 Å². The smallest absolute Gasteiger partial charge is 0.230 e. The molecule has 1 heterocycles. The van der Waals surface area contributed by atoms with Gasteiger partial charge in [-0.2, -0.15) is 0 Å². The third-order valence-corrected chi connectivity index (χ3v) is 2.57. The van der Waals surface area contributed by atoms with Crippen molar-refractivity contribution in [3.8, 4) is 5.75 Å². The molecule has 1 aromatic carbocycles. The van der Waals surface area contributed by atoms with Crippen LogP contribution in [-0.4, -0.2) is 16.8 Å². The minimum absolute atomic E-state index is 0.270. The number of hydrogen-bond donors (Lipinski definition) is 1. The fraction of sp³-hybridized carbons (Fsp3) is 0.385. The first kappa shape index (κ1) is 12.6. The Labute approximate surface area is 106 Å². The summed E-state index contributed by atoms with van der Waals surface area (Å²) in [5.41, 5.74) is 6.65. The van der Waals surface area contributed by atoms with E-state index >= 15 is 0 Å². The van der Waals surface area contributed by atoms with Gasteiger partial charge in [0.15, 0.2) is 0 Å². The number of ether oxygens (including phenoxy) is 1. The number of aryl methyl sites for hydroxylation is 1. The summed E-state index contributed by atoms with van der Waals surface area (Å²) >= 11 is 0. The molecular weight excluding hydrogens is 230 g/mol. The first-order chi connectivity index (χ1) is 8.81. The largest absolute Gasteiger partial charge is 0.493 e. The van der Waals surface area contributed by atoms with Crippen molar-refractivity contribution in [3.05, 3.63) is 41.6 Å². The van der Waals surface area contributed by atoms with Crippen LogP contribution in [-0.2, 0) is 19.4 Å². The second-order valence-electron chi connectivity index (χ2n) is 3.89. The average Bonchev–Trinajstić information content (AvgIpc) is 2.87. The first-order valence-electron chi connectivity index (χ1n) is 6.05. The molecule has 0 spiro atoms. The zero-order valence-electron chi connectivity index (χ0n) is 10.4. The summed E-state index contributed by atoms with van der Waals surface area (Å²) in [4.78, 5) is 0. The highest BCUT2D eigenvalue weighted by Crippen LogP contribution is 2.14. The van der Waals surface area contributed by atoms with Gasteiger partial charge in [0.1, 0.15) is 5.75 Å². The molecule has 2 N–H and O–H groups in total. The van der Waals surface area contributed by atoms with Crippen molar-refractivity contribution in [3.63, 3.8) is 0 Å². The Balaban J connectivity index is 1.84. The Morgan fingerprint density at radius 3 is 2.83 bits per heavy atom. The number of hydrogen-bond acceptors (Lipinski definition) is 5. The van der Waals surface area contributed by atoms with E-state index in [1.54, 1.807) is 0 Å². The summed E-state index contributed by atoms with van der Waals surface area (Å²) in [6, 6.07) is 8.06. The summed E-state index contributed by atoms with van der Waals surface area (Å²) in [7, 11) is 0. The predicted molar refractivity (Wildman–Crippen MR) is 67.2 cm³/mol. The van der Waals surface area contributed by atoms with Gasteiger partial charge in [-0.3, -0.25) is 0 Å². The zero-order valence-corrected chi connectivity index (χ0v) is 10.4. The molecule has 0 radical (unpaired) electrons. The van der Waals surface area contributed by atoms with Crippen LogP contribution in [0.4, 0.5) is 0 Å². The van der Waals surface area contributed by atoms with Crippen LogP contribution < -0.4 is 10.5 Å². The third kappa shape index (κ3) is 3.30. The van der Waals surface area contributed by atoms with Crippen molar-refractivity contribution >= 4 is 0 Å². The van der Waals surface area contributed by atoms with E-state index in [0.29, 0.717) is 24.8 Å². The SMILES string of the molecule is CCc1cccc(OCCc2nnc(CN)o2)c1. The number of nitrogens with two attached hydrogens (primary N) is 1. The lowest BCUT2D eigenvalue weighted by Crippen LogP contribution is -2.02. The van der Waals surface area contributed by atoms with Gasteiger partial charge in [-0.05, 0) is 24.1 Å². The lowest BCUT2D eigenvalue weighted by atomic mass is 10.2. The van der Waals surface area contributed by atoms with Crippen molar-refractivity contribution in [1.29, 1.82) is 0 Å². The Morgan fingerprint density at radius 1 is 1.28 bits per heavy atom. The number of nitrogens with zero attached hydrogens (tertiary/aromatic N) is 2. The van der Waals surface area contributed by atoms with Gasteiger partial charge in [0.2, 0.25) is 11.8 Å². The van der Waals surface area contributed by atoms with E-state index in [0.717, 1.165) is 12.2 Å². The maximum absolute atomic E-state index is 5.64. The molecule has 0 aliphatic carbocycles. The van der Waals surface area contributed by atoms with Crippen LogP contribution in [0.3, 0.4) is 0 Å². The molecule has 0 saturated heterocycles. The van der Waals surface area contributed by atoms with Gasteiger partial charge in [-0.15, -0.1) is 10.2 Å². The molecule has 2 rings (SSSR count). The fourth-order valence-electron chi connectivity index (χ4n) is 1.58. The van der Waals surface area contributed by atoms with Crippen molar-refractivity contribution in [1.82, 2.24) is 10.2 Å². The van der Waals surface area contributed by atoms with E-state index in [1.165, 1.54) is 5.56 Å². The highest BCUT2D eigenvalue weighted by atomic mass is 16.5. The van der Waals surface area contributed by atoms with Crippen molar-refractivity contribution in [2.75, 3.05) is 6.61 Å². The van der Waals surface area contributed by atoms with E-state index in [2.05, 4.69) is 23.2 Å². The normalized spacial score (nSPS) is 10.6. The second kappa shape index (κ2) is 6.16. The molecule has 0 aliphatic rings. The molecule has 0 fully saturated rings. The van der Waals surface area contributed by atoms with Crippen LogP contribution in [0, 0.1) is 0 Å². The van der Waals surface area contributed by atoms with Gasteiger partial charge >= 0.3 is 0 Å². The van der Waals surface area contributed by atoms with E-state index in [4.69, 9.17) is 14.9 Å². The van der Waals surface area contributed by atoms with Crippen molar-refractivity contribution in [2.24, 2.45) is 5.73 Å². The van der Waals surface area contributed by atoms with E-state index in [-0.39, 0.29) is 6.54 Å². The van der Waals surface area contributed by atoms with Crippen LogP contribution in [0.25, 0.3) is 0 Å². The van der Waals surface area contributed by atoms with Crippen LogP contribution in [0.1, 0.15) is 24.3 Å². The molecule has 18 heavy (non-hydrogen) atoms. The van der Waals surface area contributed by atoms with Gasteiger partial charge < -0.3 is 14.9 Å². The summed E-state index contributed by atoms with van der Waals surface area (Å²) in [6.45, 7) is 2.90. The Morgan fingerprint density at radius 2 is 2.11 bits per heavy atom. The fourth-order valence-corrected chi connectivity index (χ4v) is 1.58. The van der Waals surface area contributed by atoms with Crippen LogP contribution in [0.15, 0.2) is 28.7 Å². The van der Waals surface area contributed by atoms with E-state index in [9.17, 15) is 0 Å². The molecule has 0 saturated carbocycles. The predicted octanol–water partition coefficient (Wildman–Crippen LogP) is 1.71. The minimum atomic E-state index is 0.270. The first-order valence-corrected chi connectivity index (χ1v) is 6.05. The van der Waals surface area contributed by atoms with Gasteiger partial charge in [-0.1, -0.05) is 19.1 Å². The second-order valence-corrected chi connectivity index (χ2v) is 3.89. The van der Waals surface area contributed by atoms with Crippen molar-refractivity contribution in [2.45, 2.75) is 26.3 Å². The molecule has 1 aromatic heterocycles. The standard InChI is InChI=1S/C13H17N3O2/c1-2-10-4-3-5-11(8-10)17-7-6-12-15-16-13(9-14)18-12/h3-5,8H,2,6-7,9,14H2,1H3. The Kier molecular flexibility index (Phi) is 4.30. The zero-order chi connectivity index (χ0) is 12.8. The topological polar surface area (TPSA) is 74.2 Å². The maximum Gasteiger partial charge on any atom is 0.230 e. The molecule has 0 amide bonds. The summed E-state index contributed by atoms with van der Waals surface area (Å²) in [5, 5.41) is 7.67. The molecule has 5 nitrogen and oxygen atoms in total. The van der Waals surface area contributed by atoms with Crippen LogP contribution >= 0.6 is 0 Å². The Hall–Kier alpha value is -1.88. The molecule has 0 atom stereocenters. The number of aromatic nitrogens is 2. The molecule has 0 unspecified atom stereocenters. The molecule has 0 bridgehead atoms. The quantitative estimate of drug-likeness (QED) is 0.841. The summed E-state index contributed by atoms with van der Waals surface area (Å²) in [6.07, 6.45) is 1.59. The van der Waals surface area contributed by atoms with Gasteiger partial charge in [-0.25, -0.2) is 0 Å². The molecule has 96 valence electrons. The lowest BCUT2D eigenvalue weighted by molar-refractivity contribution is 0.303. The lowest BCUT2D eigenvalue weighted by Gasteiger charge is -2.05. The molecule has 2 aromatic rings. The monoisotopic (exact) mass is 247 g/mol. The summed E-state index contributed by atoms with van der Waals surface area (Å²) in [5.74, 6) is 1.88. The van der Waals surface area contributed by atoms with Gasteiger partial charge in [0.25, 0.3) is 0 Å². The molecule has 0 aliphatic heterocycles. The van der Waals surface area contributed by atoms with E-state index in [1.807, 2.05) is 18.2 Å². The van der Waals surface area contributed by atoms with Crippen molar-refractivity contribution < 1.29 is 9.15 Å². The van der Waals surface area contributed by atoms with Gasteiger partial charge in [0.05, 0.1) is 19.6 Å². The highest BCUT2D eigenvalue weighted by molar-refractivity contribution is 5.28. The highest BCUT2D eigenvalue weighted by Gasteiger charge is 2.04. The Bertz CT molecular complexity index is 496. The summed E-state index contributed by atoms with van der Waals surface area (Å²) < 4.78 is 10.9. The maximum atomic E-state index is 5.64. The number of rotatable bonds is 6. The molecular formula is C13H17N3O2. The van der Waals surface area contributed by atoms with Gasteiger partial charge in [0, 0.05) is 0 Å². The van der Waals surface area contributed by atoms with Crippen LogP contribution in [0.5, 0.6) is 5.75 Å². The number of benzene rings is 1. The minimum Gasteiger partial charge on any atom is -0.493 e. The average molecular weight is 247 g/mol. The molecule has 5 heteroatoms. The third-order valence-electron chi connectivity index (χ3n) is 2.57.